The van der Waals surface area contributed by atoms with Gasteiger partial charge in [-0.05, 0) is 44.2 Å². The molecular weight excluding hydrogens is 331 g/mol. The number of hydrogen-bond acceptors (Lipinski definition) is 6. The van der Waals surface area contributed by atoms with E-state index in [2.05, 4.69) is 5.10 Å². The Bertz CT molecular complexity index is 830. The highest BCUT2D eigenvalue weighted by molar-refractivity contribution is 5.90. The Morgan fingerprint density at radius 2 is 1.76 bits per heavy atom. The third-order valence-corrected chi connectivity index (χ3v) is 3.19. The summed E-state index contributed by atoms with van der Waals surface area (Å²) in [5.41, 5.74) is -0.325. The van der Waals surface area contributed by atoms with Crippen LogP contribution >= 0.6 is 0 Å². The van der Waals surface area contributed by atoms with E-state index in [1.54, 1.807) is 13.8 Å². The molecule has 0 N–H and O–H groups in total. The van der Waals surface area contributed by atoms with Crippen molar-refractivity contribution in [3.8, 4) is 11.3 Å². The number of benzene rings is 1. The molecule has 25 heavy (non-hydrogen) atoms. The Morgan fingerprint density at radius 1 is 1.12 bits per heavy atom. The maximum atomic E-state index is 13.1. The maximum Gasteiger partial charge on any atom is 0.343 e. The van der Waals surface area contributed by atoms with E-state index in [0.29, 0.717) is 5.56 Å². The monoisotopic (exact) mass is 348 g/mol. The molecule has 0 radical (unpaired) electrons. The first kappa shape index (κ1) is 18.3. The summed E-state index contributed by atoms with van der Waals surface area (Å²) in [5, 5.41) is 4.07. The van der Waals surface area contributed by atoms with E-state index in [1.165, 1.54) is 30.3 Å². The van der Waals surface area contributed by atoms with Crippen molar-refractivity contribution in [1.82, 2.24) is 9.78 Å². The van der Waals surface area contributed by atoms with Gasteiger partial charge in [-0.3, -0.25) is 9.59 Å². The normalized spacial score (nSPS) is 10.4. The van der Waals surface area contributed by atoms with Gasteiger partial charge in [0, 0.05) is 5.56 Å². The van der Waals surface area contributed by atoms with Crippen molar-refractivity contribution in [3.63, 3.8) is 0 Å². The molecule has 1 aromatic carbocycles. The third-order valence-electron chi connectivity index (χ3n) is 3.19. The van der Waals surface area contributed by atoms with E-state index >= 15 is 0 Å². The molecule has 0 saturated heterocycles. The van der Waals surface area contributed by atoms with Gasteiger partial charge < -0.3 is 9.47 Å². The summed E-state index contributed by atoms with van der Waals surface area (Å²) >= 11 is 0. The lowest BCUT2D eigenvalue weighted by Crippen LogP contribution is -2.32. The third kappa shape index (κ3) is 4.50. The highest BCUT2D eigenvalue weighted by Gasteiger charge is 2.19. The van der Waals surface area contributed by atoms with Gasteiger partial charge in [-0.25, -0.2) is 13.9 Å². The highest BCUT2D eigenvalue weighted by Crippen LogP contribution is 2.17. The summed E-state index contributed by atoms with van der Waals surface area (Å²) in [6, 6.07) is 6.61. The molecule has 8 heteroatoms. The molecule has 0 bridgehead atoms. The van der Waals surface area contributed by atoms with E-state index in [-0.39, 0.29) is 24.5 Å². The molecule has 2 aromatic rings. The molecule has 1 aromatic heterocycles. The fraction of sp³-hybridized carbons (Fsp3) is 0.294. The van der Waals surface area contributed by atoms with Gasteiger partial charge in [0.25, 0.3) is 5.56 Å². The Kier molecular flexibility index (Phi) is 5.99. The summed E-state index contributed by atoms with van der Waals surface area (Å²) in [4.78, 5) is 36.1. The van der Waals surface area contributed by atoms with Crippen LogP contribution in [0.5, 0.6) is 0 Å². The highest BCUT2D eigenvalue weighted by atomic mass is 19.1. The van der Waals surface area contributed by atoms with Crippen LogP contribution in [0.25, 0.3) is 11.3 Å². The van der Waals surface area contributed by atoms with Crippen molar-refractivity contribution in [1.29, 1.82) is 0 Å². The Hall–Kier alpha value is -3.03. The number of halogens is 1. The lowest BCUT2D eigenvalue weighted by atomic mass is 10.1. The van der Waals surface area contributed by atoms with E-state index < -0.39 is 29.9 Å². The molecule has 0 fully saturated rings. The molecule has 0 aliphatic rings. The molecule has 0 aliphatic heterocycles. The minimum absolute atomic E-state index is 0.0877. The van der Waals surface area contributed by atoms with Crippen molar-refractivity contribution in [2.24, 2.45) is 0 Å². The first-order valence-corrected chi connectivity index (χ1v) is 7.67. The number of nitrogens with zero attached hydrogens (tertiary/aromatic N) is 2. The van der Waals surface area contributed by atoms with Crippen LogP contribution in [0.3, 0.4) is 0 Å². The first-order chi connectivity index (χ1) is 12.0. The zero-order valence-corrected chi connectivity index (χ0v) is 13.8. The molecule has 0 spiro atoms. The largest absolute Gasteiger partial charge is 0.465 e. The number of rotatable bonds is 6. The number of carbonyl (C=O) groups excluding carboxylic acids is 2. The van der Waals surface area contributed by atoms with Gasteiger partial charge in [0.1, 0.15) is 17.9 Å². The summed E-state index contributed by atoms with van der Waals surface area (Å²) in [6.45, 7) is 3.03. The first-order valence-electron chi connectivity index (χ1n) is 7.67. The standard InChI is InChI=1S/C17H17FN2O5/c1-3-24-15(21)10-20-16(22)13(17(23)25-4-2)9-14(19-20)11-5-7-12(18)8-6-11/h5-9H,3-4,10H2,1-2H3. The van der Waals surface area contributed by atoms with Gasteiger partial charge in [-0.1, -0.05) is 0 Å². The summed E-state index contributed by atoms with van der Waals surface area (Å²) < 4.78 is 23.6. The minimum atomic E-state index is -0.823. The van der Waals surface area contributed by atoms with Crippen LogP contribution in [0.15, 0.2) is 35.1 Å². The van der Waals surface area contributed by atoms with Crippen LogP contribution in [-0.2, 0) is 20.8 Å². The topological polar surface area (TPSA) is 87.5 Å². The van der Waals surface area contributed by atoms with Gasteiger partial charge in [-0.15, -0.1) is 0 Å². The van der Waals surface area contributed by atoms with Gasteiger partial charge >= 0.3 is 11.9 Å². The Morgan fingerprint density at radius 3 is 2.36 bits per heavy atom. The number of esters is 2. The lowest BCUT2D eigenvalue weighted by molar-refractivity contribution is -0.144. The van der Waals surface area contributed by atoms with E-state index in [9.17, 15) is 18.8 Å². The van der Waals surface area contributed by atoms with Gasteiger partial charge in [0.05, 0.1) is 18.9 Å². The molecule has 2 rings (SSSR count). The molecular formula is C17H17FN2O5. The fourth-order valence-corrected chi connectivity index (χ4v) is 2.09. The van der Waals surface area contributed by atoms with Crippen LogP contribution in [0, 0.1) is 5.82 Å². The quantitative estimate of drug-likeness (QED) is 0.740. The summed E-state index contributed by atoms with van der Waals surface area (Å²) in [6.07, 6.45) is 0. The van der Waals surface area contributed by atoms with Gasteiger partial charge in [-0.2, -0.15) is 5.10 Å². The molecule has 132 valence electrons. The average molecular weight is 348 g/mol. The van der Waals surface area contributed by atoms with E-state index in [0.717, 1.165) is 4.68 Å². The molecule has 0 atom stereocenters. The average Bonchev–Trinajstić information content (AvgIpc) is 2.58. The van der Waals surface area contributed by atoms with Crippen molar-refractivity contribution >= 4 is 11.9 Å². The van der Waals surface area contributed by atoms with Crippen molar-refractivity contribution < 1.29 is 23.5 Å². The van der Waals surface area contributed by atoms with Crippen molar-refractivity contribution in [2.45, 2.75) is 20.4 Å². The zero-order chi connectivity index (χ0) is 18.4. The molecule has 1 heterocycles. The number of ether oxygens (including phenoxy) is 2. The number of aromatic nitrogens is 2. The van der Waals surface area contributed by atoms with E-state index in [1.807, 2.05) is 0 Å². The lowest BCUT2D eigenvalue weighted by Gasteiger charge is -2.10. The fourth-order valence-electron chi connectivity index (χ4n) is 2.09. The second-order valence-electron chi connectivity index (χ2n) is 4.94. The Balaban J connectivity index is 2.54. The van der Waals surface area contributed by atoms with Gasteiger partial charge in [0.2, 0.25) is 0 Å². The molecule has 0 saturated carbocycles. The molecule has 0 aliphatic carbocycles. The summed E-state index contributed by atoms with van der Waals surface area (Å²) in [5.74, 6) is -1.92. The molecule has 7 nitrogen and oxygen atoms in total. The number of carbonyl (C=O) groups is 2. The minimum Gasteiger partial charge on any atom is -0.465 e. The predicted octanol–water partition coefficient (Wildman–Crippen LogP) is 1.79. The predicted molar refractivity (Wildman–Crippen MR) is 86.5 cm³/mol. The Labute approximate surface area is 143 Å². The van der Waals surface area contributed by atoms with Crippen LogP contribution in [0.4, 0.5) is 4.39 Å². The van der Waals surface area contributed by atoms with Crippen LogP contribution in [-0.4, -0.2) is 34.9 Å². The molecule has 0 amide bonds. The second-order valence-corrected chi connectivity index (χ2v) is 4.94. The van der Waals surface area contributed by atoms with Crippen LogP contribution in [0.1, 0.15) is 24.2 Å². The smallest absolute Gasteiger partial charge is 0.343 e. The maximum absolute atomic E-state index is 13.1. The van der Waals surface area contributed by atoms with Crippen LogP contribution in [0.2, 0.25) is 0 Å². The second kappa shape index (κ2) is 8.18. The zero-order valence-electron chi connectivity index (χ0n) is 13.8. The SMILES string of the molecule is CCOC(=O)Cn1nc(-c2ccc(F)cc2)cc(C(=O)OCC)c1=O. The van der Waals surface area contributed by atoms with Gasteiger partial charge in [0.15, 0.2) is 0 Å². The summed E-state index contributed by atoms with van der Waals surface area (Å²) in [7, 11) is 0. The van der Waals surface area contributed by atoms with E-state index in [4.69, 9.17) is 9.47 Å². The van der Waals surface area contributed by atoms with Crippen molar-refractivity contribution in [2.75, 3.05) is 13.2 Å². The number of hydrogen-bond donors (Lipinski definition) is 0. The van der Waals surface area contributed by atoms with Crippen LogP contribution < -0.4 is 5.56 Å². The van der Waals surface area contributed by atoms with Crippen molar-refractivity contribution in [3.05, 3.63) is 52.1 Å². The molecule has 0 unspecified atom stereocenters.